The second kappa shape index (κ2) is 9.55. The van der Waals surface area contributed by atoms with Crippen LogP contribution in [0.3, 0.4) is 0 Å². The highest BCUT2D eigenvalue weighted by atomic mass is 32.1. The van der Waals surface area contributed by atoms with Gasteiger partial charge in [0.15, 0.2) is 5.82 Å². The average molecular weight is 566 g/mol. The number of rotatable bonds is 3. The van der Waals surface area contributed by atoms with Crippen molar-refractivity contribution in [1.82, 2.24) is 15.0 Å². The van der Waals surface area contributed by atoms with Crippen LogP contribution in [0.15, 0.2) is 140 Å². The first-order valence-corrected chi connectivity index (χ1v) is 15.2. The van der Waals surface area contributed by atoms with Crippen LogP contribution in [0, 0.1) is 0 Å². The standard InChI is InChI=1S/C39H23N3S/c1-2-11-24(12-3-1)25-13-10-14-26(23-25)37-29-16-5-8-19-32(29)41-39(42-37)38-36-28(27-15-4-7-18-31(27)40-38)21-22-34-35(36)30-17-6-9-20-33(30)43-34/h1-23H. The van der Waals surface area contributed by atoms with Crippen LogP contribution in [0.25, 0.3) is 86.7 Å². The summed E-state index contributed by atoms with van der Waals surface area (Å²) in [7, 11) is 0. The molecule has 0 saturated carbocycles. The first kappa shape index (κ1) is 24.2. The number of aromatic nitrogens is 3. The second-order valence-electron chi connectivity index (χ2n) is 10.8. The largest absolute Gasteiger partial charge is 0.244 e. The van der Waals surface area contributed by atoms with E-state index in [2.05, 4.69) is 121 Å². The lowest BCUT2D eigenvalue weighted by atomic mass is 9.98. The third-order valence-electron chi connectivity index (χ3n) is 8.26. The van der Waals surface area contributed by atoms with Crippen LogP contribution >= 0.6 is 11.3 Å². The van der Waals surface area contributed by atoms with E-state index in [1.807, 2.05) is 29.5 Å². The van der Waals surface area contributed by atoms with E-state index in [0.29, 0.717) is 5.82 Å². The van der Waals surface area contributed by atoms with Crippen molar-refractivity contribution in [3.8, 4) is 33.9 Å². The molecule has 9 aromatic rings. The fraction of sp³-hybridized carbons (Fsp3) is 0. The minimum Gasteiger partial charge on any atom is -0.244 e. The molecule has 3 nitrogen and oxygen atoms in total. The van der Waals surface area contributed by atoms with Crippen molar-refractivity contribution in [3.05, 3.63) is 140 Å². The Kier molecular flexibility index (Phi) is 5.37. The van der Waals surface area contributed by atoms with Gasteiger partial charge in [-0.3, -0.25) is 0 Å². The fourth-order valence-corrected chi connectivity index (χ4v) is 7.42. The maximum Gasteiger partial charge on any atom is 0.180 e. The van der Waals surface area contributed by atoms with Crippen molar-refractivity contribution in [2.75, 3.05) is 0 Å². The van der Waals surface area contributed by atoms with E-state index < -0.39 is 0 Å². The van der Waals surface area contributed by atoms with Gasteiger partial charge in [-0.1, -0.05) is 109 Å². The molecule has 200 valence electrons. The molecule has 3 heterocycles. The van der Waals surface area contributed by atoms with Crippen LogP contribution in [0.2, 0.25) is 0 Å². The molecule has 0 fully saturated rings. The topological polar surface area (TPSA) is 38.7 Å². The number of thiophene rings is 1. The molecule has 0 aliphatic carbocycles. The van der Waals surface area contributed by atoms with Gasteiger partial charge in [0.2, 0.25) is 0 Å². The van der Waals surface area contributed by atoms with Crippen molar-refractivity contribution in [1.29, 1.82) is 0 Å². The summed E-state index contributed by atoms with van der Waals surface area (Å²) in [4.78, 5) is 15.8. The molecule has 3 aromatic heterocycles. The second-order valence-corrected chi connectivity index (χ2v) is 11.9. The summed E-state index contributed by atoms with van der Waals surface area (Å²) in [5.74, 6) is 0.636. The summed E-state index contributed by atoms with van der Waals surface area (Å²) in [5, 5.41) is 6.88. The Morgan fingerprint density at radius 2 is 1.05 bits per heavy atom. The quantitative estimate of drug-likeness (QED) is 0.200. The lowest BCUT2D eigenvalue weighted by molar-refractivity contribution is 1.20. The number of nitrogens with zero attached hydrogens (tertiary/aromatic N) is 3. The van der Waals surface area contributed by atoms with Gasteiger partial charge in [-0.05, 0) is 46.8 Å². The number of fused-ring (bicyclic) bond motifs is 8. The molecule has 0 aliphatic heterocycles. The molecule has 0 aliphatic rings. The fourth-order valence-electron chi connectivity index (χ4n) is 6.30. The molecule has 6 aromatic carbocycles. The highest BCUT2D eigenvalue weighted by Crippen LogP contribution is 2.43. The maximum absolute atomic E-state index is 5.33. The zero-order valence-electron chi connectivity index (χ0n) is 23.0. The van der Waals surface area contributed by atoms with Crippen molar-refractivity contribution < 1.29 is 0 Å². The smallest absolute Gasteiger partial charge is 0.180 e. The van der Waals surface area contributed by atoms with Gasteiger partial charge in [0.25, 0.3) is 0 Å². The minimum atomic E-state index is 0.636. The average Bonchev–Trinajstić information content (AvgIpc) is 3.47. The van der Waals surface area contributed by atoms with Crippen LogP contribution < -0.4 is 0 Å². The van der Waals surface area contributed by atoms with Gasteiger partial charge >= 0.3 is 0 Å². The maximum atomic E-state index is 5.33. The van der Waals surface area contributed by atoms with E-state index in [4.69, 9.17) is 15.0 Å². The molecule has 0 spiro atoms. The van der Waals surface area contributed by atoms with Crippen LogP contribution in [-0.4, -0.2) is 15.0 Å². The van der Waals surface area contributed by atoms with Gasteiger partial charge < -0.3 is 0 Å². The summed E-state index contributed by atoms with van der Waals surface area (Å²) in [5.41, 5.74) is 6.95. The molecule has 9 rings (SSSR count). The summed E-state index contributed by atoms with van der Waals surface area (Å²) < 4.78 is 2.51. The molecule has 43 heavy (non-hydrogen) atoms. The highest BCUT2D eigenvalue weighted by molar-refractivity contribution is 7.26. The predicted molar refractivity (Wildman–Crippen MR) is 182 cm³/mol. The molecular weight excluding hydrogens is 543 g/mol. The van der Waals surface area contributed by atoms with Gasteiger partial charge in [0, 0.05) is 41.9 Å². The van der Waals surface area contributed by atoms with Crippen molar-refractivity contribution >= 4 is 64.1 Å². The van der Waals surface area contributed by atoms with Crippen molar-refractivity contribution in [3.63, 3.8) is 0 Å². The Labute approximate surface area is 251 Å². The molecule has 0 bridgehead atoms. The Morgan fingerprint density at radius 3 is 1.91 bits per heavy atom. The van der Waals surface area contributed by atoms with Crippen LogP contribution in [0.5, 0.6) is 0 Å². The zero-order valence-corrected chi connectivity index (χ0v) is 23.8. The molecule has 0 unspecified atom stereocenters. The van der Waals surface area contributed by atoms with E-state index in [-0.39, 0.29) is 0 Å². The van der Waals surface area contributed by atoms with Crippen molar-refractivity contribution in [2.24, 2.45) is 0 Å². The molecule has 0 amide bonds. The Balaban J connectivity index is 1.39. The Morgan fingerprint density at radius 1 is 0.372 bits per heavy atom. The lowest BCUT2D eigenvalue weighted by Crippen LogP contribution is -1.99. The van der Waals surface area contributed by atoms with Crippen molar-refractivity contribution in [2.45, 2.75) is 0 Å². The third-order valence-corrected chi connectivity index (χ3v) is 9.40. The molecular formula is C39H23N3S. The number of pyridine rings is 1. The highest BCUT2D eigenvalue weighted by Gasteiger charge is 2.20. The number of benzene rings is 6. The molecule has 0 atom stereocenters. The third kappa shape index (κ3) is 3.84. The molecule has 0 saturated heterocycles. The SMILES string of the molecule is c1ccc(-c2cccc(-c3nc(-c4nc5ccccc5c5ccc6sc7ccccc7c6c45)nc4ccccc34)c2)cc1. The van der Waals surface area contributed by atoms with E-state index in [1.54, 1.807) is 0 Å². The number of hydrogen-bond acceptors (Lipinski definition) is 4. The normalized spacial score (nSPS) is 11.7. The molecule has 0 N–H and O–H groups in total. The van der Waals surface area contributed by atoms with Crippen LogP contribution in [0.1, 0.15) is 0 Å². The zero-order chi connectivity index (χ0) is 28.3. The first-order chi connectivity index (χ1) is 21.3. The summed E-state index contributed by atoms with van der Waals surface area (Å²) >= 11 is 1.82. The Bertz CT molecular complexity index is 2510. The Hall–Kier alpha value is -5.45. The summed E-state index contributed by atoms with van der Waals surface area (Å²) in [6.07, 6.45) is 0. The number of para-hydroxylation sites is 2. The minimum absolute atomic E-state index is 0.636. The summed E-state index contributed by atoms with van der Waals surface area (Å²) in [6.45, 7) is 0. The van der Waals surface area contributed by atoms with Gasteiger partial charge in [0.05, 0.1) is 16.7 Å². The predicted octanol–water partition coefficient (Wildman–Crippen LogP) is 10.7. The van der Waals surface area contributed by atoms with Gasteiger partial charge in [-0.25, -0.2) is 15.0 Å². The first-order valence-electron chi connectivity index (χ1n) is 14.4. The molecule has 4 heteroatoms. The van der Waals surface area contributed by atoms with Crippen LogP contribution in [0.4, 0.5) is 0 Å². The van der Waals surface area contributed by atoms with E-state index in [9.17, 15) is 0 Å². The van der Waals surface area contributed by atoms with Gasteiger partial charge in [0.1, 0.15) is 5.69 Å². The molecule has 0 radical (unpaired) electrons. The van der Waals surface area contributed by atoms with Gasteiger partial charge in [-0.15, -0.1) is 11.3 Å². The van der Waals surface area contributed by atoms with E-state index in [0.717, 1.165) is 49.7 Å². The van der Waals surface area contributed by atoms with Gasteiger partial charge in [-0.2, -0.15) is 0 Å². The lowest BCUT2D eigenvalue weighted by Gasteiger charge is -2.14. The monoisotopic (exact) mass is 565 g/mol. The van der Waals surface area contributed by atoms with Crippen LogP contribution in [-0.2, 0) is 0 Å². The van der Waals surface area contributed by atoms with E-state index in [1.165, 1.54) is 31.1 Å². The number of hydrogen-bond donors (Lipinski definition) is 0. The summed E-state index contributed by atoms with van der Waals surface area (Å²) in [6, 6.07) is 48.9. The van der Waals surface area contributed by atoms with E-state index >= 15 is 0 Å².